The third kappa shape index (κ3) is 15.9. The van der Waals surface area contributed by atoms with Gasteiger partial charge in [-0.15, -0.1) is 0 Å². The zero-order valence-corrected chi connectivity index (χ0v) is 16.5. The molecule has 5 heteroatoms. The Bertz CT molecular complexity index is 495. The van der Waals surface area contributed by atoms with Crippen LogP contribution in [0.2, 0.25) is 0 Å². The van der Waals surface area contributed by atoms with Crippen LogP contribution >= 0.6 is 0 Å². The number of nitrogens with zero attached hydrogens (tertiary/aromatic N) is 1. The van der Waals surface area contributed by atoms with E-state index in [-0.39, 0.29) is 12.8 Å². The van der Waals surface area contributed by atoms with E-state index in [1.165, 1.54) is 19.3 Å². The summed E-state index contributed by atoms with van der Waals surface area (Å²) in [6.07, 6.45) is 24.1. The number of nitro groups is 1. The number of unbranched alkanes of at least 4 members (excludes halogenated alkanes) is 4. The summed E-state index contributed by atoms with van der Waals surface area (Å²) in [4.78, 5) is 20.8. The molecular formula is C22H34NO4. The lowest BCUT2D eigenvalue weighted by Gasteiger charge is -2.12. The van der Waals surface area contributed by atoms with Gasteiger partial charge in [0.15, 0.2) is 6.29 Å². The number of carbonyl (C=O) groups excluding carboxylic acids is 1. The zero-order chi connectivity index (χ0) is 20.2. The highest BCUT2D eigenvalue weighted by molar-refractivity contribution is 5.50. The van der Waals surface area contributed by atoms with Crippen LogP contribution in [0, 0.1) is 10.1 Å². The van der Waals surface area contributed by atoms with Crippen molar-refractivity contribution in [2.75, 3.05) is 0 Å². The van der Waals surface area contributed by atoms with Gasteiger partial charge in [-0.05, 0) is 38.5 Å². The van der Waals surface area contributed by atoms with Crippen LogP contribution in [0.3, 0.4) is 0 Å². The van der Waals surface area contributed by atoms with Crippen molar-refractivity contribution in [3.05, 3.63) is 58.7 Å². The van der Waals surface area contributed by atoms with Gasteiger partial charge in [-0.1, -0.05) is 68.4 Å². The summed E-state index contributed by atoms with van der Waals surface area (Å²) in [5.41, 5.74) is 0. The number of rotatable bonds is 17. The molecule has 1 N–H and O–H groups in total. The molecule has 0 spiro atoms. The number of hydrogen-bond donors (Lipinski definition) is 1. The van der Waals surface area contributed by atoms with Crippen molar-refractivity contribution in [2.24, 2.45) is 0 Å². The van der Waals surface area contributed by atoms with Crippen LogP contribution in [0.4, 0.5) is 0 Å². The molecule has 0 rings (SSSR count). The second-order valence-corrected chi connectivity index (χ2v) is 6.43. The molecule has 151 valence electrons. The molecule has 0 aliphatic rings. The Morgan fingerprint density at radius 1 is 0.926 bits per heavy atom. The van der Waals surface area contributed by atoms with Crippen molar-refractivity contribution in [3.63, 3.8) is 0 Å². The number of aliphatic hydroxyl groups excluding tert-OH is 1. The molecule has 27 heavy (non-hydrogen) atoms. The lowest BCUT2D eigenvalue weighted by Crippen LogP contribution is -2.32. The van der Waals surface area contributed by atoms with Crippen LogP contribution in [0.5, 0.6) is 0 Å². The summed E-state index contributed by atoms with van der Waals surface area (Å²) in [5.74, 6) is 0. The lowest BCUT2D eigenvalue weighted by atomic mass is 10.0. The minimum absolute atomic E-state index is 0.204. The molecule has 0 saturated carbocycles. The maximum absolute atomic E-state index is 11.1. The molecule has 0 aliphatic carbocycles. The molecule has 2 atom stereocenters. The Labute approximate surface area is 163 Å². The molecule has 0 aromatic heterocycles. The van der Waals surface area contributed by atoms with E-state index in [4.69, 9.17) is 0 Å². The Kier molecular flexibility index (Phi) is 17.4. The smallest absolute Gasteiger partial charge is 0.242 e. The average molecular weight is 377 g/mol. The van der Waals surface area contributed by atoms with E-state index < -0.39 is 17.1 Å². The van der Waals surface area contributed by atoms with Gasteiger partial charge >= 0.3 is 0 Å². The molecule has 1 radical (unpaired) electrons. The Hall–Kier alpha value is -2.01. The molecule has 0 aliphatic heterocycles. The summed E-state index contributed by atoms with van der Waals surface area (Å²) in [5, 5.41) is 21.1. The topological polar surface area (TPSA) is 80.4 Å². The second kappa shape index (κ2) is 18.8. The maximum Gasteiger partial charge on any atom is 0.242 e. The van der Waals surface area contributed by atoms with Crippen molar-refractivity contribution < 1.29 is 14.8 Å². The van der Waals surface area contributed by atoms with Gasteiger partial charge < -0.3 is 5.11 Å². The van der Waals surface area contributed by atoms with E-state index in [9.17, 15) is 20.0 Å². The highest BCUT2D eigenvalue weighted by atomic mass is 16.6. The van der Waals surface area contributed by atoms with E-state index in [0.29, 0.717) is 12.8 Å². The largest absolute Gasteiger partial charge is 0.386 e. The Balaban J connectivity index is 4.05. The van der Waals surface area contributed by atoms with Gasteiger partial charge in [-0.3, -0.25) is 14.9 Å². The fourth-order valence-electron chi connectivity index (χ4n) is 2.44. The Morgan fingerprint density at radius 3 is 2.15 bits per heavy atom. The molecule has 0 fully saturated rings. The molecule has 0 aromatic rings. The van der Waals surface area contributed by atoms with Crippen molar-refractivity contribution in [2.45, 2.75) is 83.3 Å². The second-order valence-electron chi connectivity index (χ2n) is 6.43. The quantitative estimate of drug-likeness (QED) is 0.163. The number of hydrogen-bond acceptors (Lipinski definition) is 4. The zero-order valence-electron chi connectivity index (χ0n) is 16.5. The first-order valence-electron chi connectivity index (χ1n) is 9.90. The molecule has 0 bridgehead atoms. The van der Waals surface area contributed by atoms with E-state index >= 15 is 0 Å². The predicted octanol–water partition coefficient (Wildman–Crippen LogP) is 5.25. The standard InChI is InChI=1S/C22H34NO4/c1-2-3-4-5-6-7-8-9-10-11-12-15-18-21(23(26)27)22(25)19-16-13-14-17-20-24/h6-7,9-10,12-13,15-16,21-22,25H,2-5,8,11,14,17-19H2,1H3/b7-6-,10-9-,15-12-,16-13-. The summed E-state index contributed by atoms with van der Waals surface area (Å²) in [7, 11) is 0. The van der Waals surface area contributed by atoms with Gasteiger partial charge in [0, 0.05) is 17.8 Å². The minimum atomic E-state index is -1.03. The van der Waals surface area contributed by atoms with E-state index in [1.54, 1.807) is 24.5 Å². The summed E-state index contributed by atoms with van der Waals surface area (Å²) in [6.45, 7) is 2.20. The monoisotopic (exact) mass is 376 g/mol. The fraction of sp³-hybridized carbons (Fsp3) is 0.591. The predicted molar refractivity (Wildman–Crippen MR) is 111 cm³/mol. The van der Waals surface area contributed by atoms with E-state index in [0.717, 1.165) is 19.3 Å². The number of allylic oxidation sites excluding steroid dienone is 6. The van der Waals surface area contributed by atoms with E-state index in [1.807, 2.05) is 12.2 Å². The lowest BCUT2D eigenvalue weighted by molar-refractivity contribution is -0.533. The van der Waals surface area contributed by atoms with Gasteiger partial charge in [0.05, 0.1) is 0 Å². The third-order valence-corrected chi connectivity index (χ3v) is 4.07. The first kappa shape index (κ1) is 25.0. The Morgan fingerprint density at radius 2 is 1.52 bits per heavy atom. The van der Waals surface area contributed by atoms with Crippen LogP contribution < -0.4 is 0 Å². The number of aliphatic hydroxyl groups is 1. The van der Waals surface area contributed by atoms with Crippen molar-refractivity contribution >= 4 is 6.29 Å². The van der Waals surface area contributed by atoms with Crippen LogP contribution in [0.25, 0.3) is 0 Å². The summed E-state index contributed by atoms with van der Waals surface area (Å²) >= 11 is 0. The van der Waals surface area contributed by atoms with Crippen molar-refractivity contribution in [1.29, 1.82) is 0 Å². The fourth-order valence-corrected chi connectivity index (χ4v) is 2.44. The molecule has 2 unspecified atom stereocenters. The summed E-state index contributed by atoms with van der Waals surface area (Å²) < 4.78 is 0. The first-order valence-corrected chi connectivity index (χ1v) is 9.90. The summed E-state index contributed by atoms with van der Waals surface area (Å²) in [6, 6.07) is -1.02. The van der Waals surface area contributed by atoms with Crippen LogP contribution in [-0.2, 0) is 4.79 Å². The van der Waals surface area contributed by atoms with Gasteiger partial charge in [0.1, 0.15) is 6.10 Å². The average Bonchev–Trinajstić information content (AvgIpc) is 2.65. The van der Waals surface area contributed by atoms with Gasteiger partial charge in [0.25, 0.3) is 0 Å². The molecule has 0 amide bonds. The van der Waals surface area contributed by atoms with Crippen LogP contribution in [0.15, 0.2) is 48.6 Å². The highest BCUT2D eigenvalue weighted by Crippen LogP contribution is 2.10. The SMILES string of the molecule is CCCCC/C=C\C/C=C\C/C=C\CC(C(O)C/C=C\CC[C]=O)[N+](=O)[O-]. The molecule has 0 saturated heterocycles. The van der Waals surface area contributed by atoms with Gasteiger partial charge in [-0.25, -0.2) is 0 Å². The molecular weight excluding hydrogens is 342 g/mol. The molecule has 0 aromatic carbocycles. The third-order valence-electron chi connectivity index (χ3n) is 4.07. The van der Waals surface area contributed by atoms with Gasteiger partial charge in [-0.2, -0.15) is 0 Å². The minimum Gasteiger partial charge on any atom is -0.386 e. The maximum atomic E-state index is 11.1. The van der Waals surface area contributed by atoms with Gasteiger partial charge in [0.2, 0.25) is 6.04 Å². The van der Waals surface area contributed by atoms with Crippen molar-refractivity contribution in [3.8, 4) is 0 Å². The van der Waals surface area contributed by atoms with E-state index in [2.05, 4.69) is 25.2 Å². The molecule has 0 heterocycles. The normalized spacial score (nSPS) is 14.6. The first-order chi connectivity index (χ1) is 13.1. The van der Waals surface area contributed by atoms with Crippen LogP contribution in [0.1, 0.15) is 71.1 Å². The molecule has 5 nitrogen and oxygen atoms in total. The van der Waals surface area contributed by atoms with Crippen LogP contribution in [-0.4, -0.2) is 28.5 Å². The highest BCUT2D eigenvalue weighted by Gasteiger charge is 2.27. The van der Waals surface area contributed by atoms with Crippen molar-refractivity contribution in [1.82, 2.24) is 0 Å².